The van der Waals surface area contributed by atoms with Crippen LogP contribution in [0.4, 0.5) is 5.82 Å². The Morgan fingerprint density at radius 3 is 2.80 bits per heavy atom. The Morgan fingerprint density at radius 2 is 2.13 bits per heavy atom. The third-order valence-corrected chi connectivity index (χ3v) is 2.58. The van der Waals surface area contributed by atoms with Gasteiger partial charge in [0.15, 0.2) is 5.82 Å². The molecule has 1 aromatic carbocycles. The Morgan fingerprint density at radius 1 is 1.33 bits per heavy atom. The summed E-state index contributed by atoms with van der Waals surface area (Å²) < 4.78 is 4.60. The third-order valence-electron chi connectivity index (χ3n) is 2.35. The van der Waals surface area contributed by atoms with Gasteiger partial charge in [0.1, 0.15) is 0 Å². The van der Waals surface area contributed by atoms with Gasteiger partial charge >= 0.3 is 0 Å². The molecular weight excluding hydrogens is 206 g/mol. The van der Waals surface area contributed by atoms with Crippen molar-refractivity contribution in [2.45, 2.75) is 13.5 Å². The molecule has 0 spiro atoms. The number of anilines is 1. The van der Waals surface area contributed by atoms with E-state index in [1.54, 1.807) is 0 Å². The summed E-state index contributed by atoms with van der Waals surface area (Å²) in [6.45, 7) is 2.90. The monoisotopic (exact) mass is 219 g/mol. The minimum atomic E-state index is 0.770. The van der Waals surface area contributed by atoms with Crippen molar-refractivity contribution in [2.24, 2.45) is 0 Å². The molecule has 0 fully saturated rings. The van der Waals surface area contributed by atoms with Crippen LogP contribution in [0.1, 0.15) is 11.1 Å². The minimum Gasteiger partial charge on any atom is -0.316 e. The molecule has 1 aromatic heterocycles. The summed E-state index contributed by atoms with van der Waals surface area (Å²) in [6, 6.07) is 10.2. The number of thiol groups is 1. The predicted molar refractivity (Wildman–Crippen MR) is 65.1 cm³/mol. The van der Waals surface area contributed by atoms with Gasteiger partial charge in [-0.1, -0.05) is 37.1 Å². The largest absolute Gasteiger partial charge is 0.316 e. The van der Waals surface area contributed by atoms with Gasteiger partial charge in [-0.25, -0.2) is 0 Å². The van der Waals surface area contributed by atoms with Crippen LogP contribution in [0.3, 0.4) is 0 Å². The van der Waals surface area contributed by atoms with E-state index in [9.17, 15) is 0 Å². The van der Waals surface area contributed by atoms with Gasteiger partial charge in [0, 0.05) is 12.3 Å². The van der Waals surface area contributed by atoms with Crippen LogP contribution < -0.4 is 4.72 Å². The fourth-order valence-electron chi connectivity index (χ4n) is 1.47. The zero-order valence-corrected chi connectivity index (χ0v) is 9.41. The summed E-state index contributed by atoms with van der Waals surface area (Å²) >= 11 is 3.94. The first kappa shape index (κ1) is 10.1. The molecule has 2 rings (SSSR count). The average Bonchev–Trinajstić information content (AvgIpc) is 2.69. The van der Waals surface area contributed by atoms with Crippen LogP contribution in [0, 0.1) is 6.92 Å². The quantitative estimate of drug-likeness (QED) is 0.777. The molecule has 0 unspecified atom stereocenters. The van der Waals surface area contributed by atoms with Gasteiger partial charge in [0.05, 0.1) is 6.54 Å². The standard InChI is InChI=1S/C11H13N3S/c1-9-4-2-3-5-10(9)8-14-7-6-11(12-14)13-15/h2-7,15H,8H2,1H3,(H,12,13). The lowest BCUT2D eigenvalue weighted by molar-refractivity contribution is 0.687. The molecule has 0 aliphatic carbocycles. The molecule has 15 heavy (non-hydrogen) atoms. The van der Waals surface area contributed by atoms with Gasteiger partial charge in [0.25, 0.3) is 0 Å². The first-order chi connectivity index (χ1) is 7.29. The van der Waals surface area contributed by atoms with E-state index in [0.29, 0.717) is 0 Å². The number of hydrogen-bond acceptors (Lipinski definition) is 3. The third kappa shape index (κ3) is 2.33. The molecule has 0 amide bonds. The predicted octanol–water partition coefficient (Wildman–Crippen LogP) is 2.50. The number of benzene rings is 1. The molecule has 2 aromatic rings. The summed E-state index contributed by atoms with van der Waals surface area (Å²) in [6.07, 6.45) is 1.94. The minimum absolute atomic E-state index is 0.770. The van der Waals surface area contributed by atoms with E-state index < -0.39 is 0 Å². The Balaban J connectivity index is 2.18. The Bertz CT molecular complexity index is 451. The first-order valence-corrected chi connectivity index (χ1v) is 5.22. The van der Waals surface area contributed by atoms with Crippen molar-refractivity contribution in [3.05, 3.63) is 47.7 Å². The second-order valence-corrected chi connectivity index (χ2v) is 3.66. The van der Waals surface area contributed by atoms with Gasteiger partial charge in [-0.2, -0.15) is 5.10 Å². The van der Waals surface area contributed by atoms with Gasteiger partial charge in [0.2, 0.25) is 0 Å². The maximum atomic E-state index is 4.29. The molecular formula is C11H13N3S. The van der Waals surface area contributed by atoms with Crippen molar-refractivity contribution in [1.82, 2.24) is 9.78 Å². The molecule has 1 N–H and O–H groups in total. The lowest BCUT2D eigenvalue weighted by atomic mass is 10.1. The Hall–Kier alpha value is -1.42. The fraction of sp³-hybridized carbons (Fsp3) is 0.182. The molecule has 1 heterocycles. The molecule has 4 heteroatoms. The molecule has 0 aliphatic heterocycles. The number of rotatable bonds is 3. The molecule has 0 saturated carbocycles. The van der Waals surface area contributed by atoms with E-state index in [2.05, 4.69) is 41.7 Å². The molecule has 0 bridgehead atoms. The smallest absolute Gasteiger partial charge is 0.157 e. The van der Waals surface area contributed by atoms with Crippen LogP contribution in [0.5, 0.6) is 0 Å². The van der Waals surface area contributed by atoms with E-state index in [4.69, 9.17) is 0 Å². The van der Waals surface area contributed by atoms with Crippen molar-refractivity contribution in [1.29, 1.82) is 0 Å². The Labute approximate surface area is 94.7 Å². The molecule has 0 saturated heterocycles. The van der Waals surface area contributed by atoms with Crippen molar-refractivity contribution >= 4 is 18.6 Å². The van der Waals surface area contributed by atoms with E-state index in [0.717, 1.165) is 12.4 Å². The summed E-state index contributed by atoms with van der Waals surface area (Å²) in [5, 5.41) is 4.29. The summed E-state index contributed by atoms with van der Waals surface area (Å²) in [5.41, 5.74) is 2.57. The lowest BCUT2D eigenvalue weighted by Crippen LogP contribution is -2.02. The average molecular weight is 219 g/mol. The van der Waals surface area contributed by atoms with Crippen molar-refractivity contribution in [3.8, 4) is 0 Å². The second-order valence-electron chi connectivity index (χ2n) is 3.44. The van der Waals surface area contributed by atoms with E-state index in [1.807, 2.05) is 29.1 Å². The van der Waals surface area contributed by atoms with E-state index in [1.165, 1.54) is 11.1 Å². The van der Waals surface area contributed by atoms with Crippen molar-refractivity contribution < 1.29 is 0 Å². The summed E-state index contributed by atoms with van der Waals surface area (Å²) in [7, 11) is 0. The van der Waals surface area contributed by atoms with E-state index in [-0.39, 0.29) is 0 Å². The highest BCUT2D eigenvalue weighted by atomic mass is 32.1. The number of aryl methyl sites for hydroxylation is 1. The zero-order chi connectivity index (χ0) is 10.7. The Kier molecular flexibility index (Phi) is 2.97. The maximum Gasteiger partial charge on any atom is 0.157 e. The number of nitrogens with one attached hydrogen (secondary N) is 1. The van der Waals surface area contributed by atoms with Crippen LogP contribution in [0.15, 0.2) is 36.5 Å². The van der Waals surface area contributed by atoms with Crippen molar-refractivity contribution in [3.63, 3.8) is 0 Å². The number of aromatic nitrogens is 2. The number of hydrogen-bond donors (Lipinski definition) is 2. The van der Waals surface area contributed by atoms with Crippen LogP contribution in [0.2, 0.25) is 0 Å². The topological polar surface area (TPSA) is 29.9 Å². The highest BCUT2D eigenvalue weighted by molar-refractivity contribution is 7.81. The summed E-state index contributed by atoms with van der Waals surface area (Å²) in [4.78, 5) is 0. The van der Waals surface area contributed by atoms with Crippen LogP contribution in [0.25, 0.3) is 0 Å². The number of nitrogens with zero attached hydrogens (tertiary/aromatic N) is 2. The van der Waals surface area contributed by atoms with Gasteiger partial charge in [-0.15, -0.1) is 0 Å². The lowest BCUT2D eigenvalue weighted by Gasteiger charge is -2.05. The maximum absolute atomic E-state index is 4.29. The van der Waals surface area contributed by atoms with Crippen LogP contribution >= 0.6 is 12.8 Å². The van der Waals surface area contributed by atoms with Crippen LogP contribution in [-0.2, 0) is 6.54 Å². The summed E-state index contributed by atoms with van der Waals surface area (Å²) in [5.74, 6) is 0.770. The molecule has 0 radical (unpaired) electrons. The molecule has 3 nitrogen and oxygen atoms in total. The zero-order valence-electron chi connectivity index (χ0n) is 8.51. The highest BCUT2D eigenvalue weighted by Crippen LogP contribution is 2.10. The molecule has 78 valence electrons. The molecule has 0 aliphatic rings. The van der Waals surface area contributed by atoms with Gasteiger partial charge in [-0.3, -0.25) is 4.68 Å². The van der Waals surface area contributed by atoms with Gasteiger partial charge in [-0.05, 0) is 18.1 Å². The van der Waals surface area contributed by atoms with Gasteiger partial charge < -0.3 is 4.72 Å². The van der Waals surface area contributed by atoms with E-state index >= 15 is 0 Å². The van der Waals surface area contributed by atoms with Crippen molar-refractivity contribution in [2.75, 3.05) is 4.72 Å². The SMILES string of the molecule is Cc1ccccc1Cn1ccc(NS)n1. The second kappa shape index (κ2) is 4.40. The molecule has 0 atom stereocenters. The first-order valence-electron chi connectivity index (χ1n) is 4.77. The fourth-order valence-corrected chi connectivity index (χ4v) is 1.59. The van der Waals surface area contributed by atoms with Crippen LogP contribution in [-0.4, -0.2) is 9.78 Å². The highest BCUT2D eigenvalue weighted by Gasteiger charge is 2.00. The normalized spacial score (nSPS) is 10.3.